The molecule has 2 N–H and O–H groups in total. The van der Waals surface area contributed by atoms with Gasteiger partial charge in [0.15, 0.2) is 0 Å². The van der Waals surface area contributed by atoms with Crippen LogP contribution >= 0.6 is 0 Å². The molecule has 2 aromatic rings. The third-order valence-electron chi connectivity index (χ3n) is 2.41. The van der Waals surface area contributed by atoms with Crippen molar-refractivity contribution in [2.75, 3.05) is 5.32 Å². The van der Waals surface area contributed by atoms with Crippen molar-refractivity contribution in [2.45, 2.75) is 13.5 Å². The van der Waals surface area contributed by atoms with Crippen LogP contribution in [0, 0.1) is 6.92 Å². The van der Waals surface area contributed by atoms with Gasteiger partial charge in [-0.1, -0.05) is 24.3 Å². The second-order valence-electron chi connectivity index (χ2n) is 3.59. The molecule has 0 radical (unpaired) electrons. The first-order valence-electron chi connectivity index (χ1n) is 5.19. The normalized spacial score (nSPS) is 10.1. The number of nitrogens with one attached hydrogen (secondary N) is 1. The molecule has 0 amide bonds. The summed E-state index contributed by atoms with van der Waals surface area (Å²) < 4.78 is 0. The van der Waals surface area contributed by atoms with E-state index in [4.69, 9.17) is 5.11 Å². The van der Waals surface area contributed by atoms with E-state index in [1.54, 1.807) is 0 Å². The first-order chi connectivity index (χ1) is 7.79. The van der Waals surface area contributed by atoms with E-state index in [-0.39, 0.29) is 6.61 Å². The predicted molar refractivity (Wildman–Crippen MR) is 64.6 cm³/mol. The average Bonchev–Trinajstić information content (AvgIpc) is 2.31. The number of rotatable bonds is 3. The first kappa shape index (κ1) is 10.6. The summed E-state index contributed by atoms with van der Waals surface area (Å²) in [6, 6.07) is 13.6. The molecular formula is C13H14N2O. The molecule has 3 heteroatoms. The van der Waals surface area contributed by atoms with Crippen LogP contribution < -0.4 is 5.32 Å². The van der Waals surface area contributed by atoms with Crippen LogP contribution in [0.2, 0.25) is 0 Å². The highest BCUT2D eigenvalue weighted by Gasteiger charge is 2.00. The maximum atomic E-state index is 9.04. The number of benzene rings is 1. The molecule has 0 fully saturated rings. The zero-order valence-electron chi connectivity index (χ0n) is 9.14. The van der Waals surface area contributed by atoms with Crippen molar-refractivity contribution in [2.24, 2.45) is 0 Å². The highest BCUT2D eigenvalue weighted by Crippen LogP contribution is 2.15. The minimum Gasteiger partial charge on any atom is -0.392 e. The van der Waals surface area contributed by atoms with Crippen molar-refractivity contribution in [3.8, 4) is 0 Å². The standard InChI is InChI=1S/C13H14N2O/c1-10-11(9-16)7-8-13(14-10)15-12-5-3-2-4-6-12/h2-8,16H,9H2,1H3,(H,14,15). The molecule has 3 nitrogen and oxygen atoms in total. The van der Waals surface area contributed by atoms with Gasteiger partial charge in [-0.05, 0) is 30.7 Å². The Balaban J connectivity index is 2.20. The number of aliphatic hydroxyl groups excluding tert-OH is 1. The van der Waals surface area contributed by atoms with Crippen LogP contribution in [0.25, 0.3) is 0 Å². The lowest BCUT2D eigenvalue weighted by atomic mass is 10.2. The summed E-state index contributed by atoms with van der Waals surface area (Å²) in [5.74, 6) is 0.793. The predicted octanol–water partition coefficient (Wildman–Crippen LogP) is 2.63. The molecule has 0 unspecified atom stereocenters. The lowest BCUT2D eigenvalue weighted by Gasteiger charge is -2.08. The fourth-order valence-corrected chi connectivity index (χ4v) is 1.50. The number of aliphatic hydroxyl groups is 1. The summed E-state index contributed by atoms with van der Waals surface area (Å²) in [5.41, 5.74) is 2.72. The van der Waals surface area contributed by atoms with Gasteiger partial charge in [-0.25, -0.2) is 4.98 Å². The maximum absolute atomic E-state index is 9.04. The van der Waals surface area contributed by atoms with Crippen molar-refractivity contribution in [1.29, 1.82) is 0 Å². The van der Waals surface area contributed by atoms with E-state index in [1.807, 2.05) is 49.4 Å². The summed E-state index contributed by atoms with van der Waals surface area (Å²) in [5, 5.41) is 12.2. The second-order valence-corrected chi connectivity index (χ2v) is 3.59. The zero-order chi connectivity index (χ0) is 11.4. The molecule has 0 aliphatic heterocycles. The second kappa shape index (κ2) is 4.77. The molecular weight excluding hydrogens is 200 g/mol. The number of hydrogen-bond donors (Lipinski definition) is 2. The van der Waals surface area contributed by atoms with Gasteiger partial charge in [-0.15, -0.1) is 0 Å². The summed E-state index contributed by atoms with van der Waals surface area (Å²) in [6.45, 7) is 1.92. The topological polar surface area (TPSA) is 45.2 Å². The molecule has 16 heavy (non-hydrogen) atoms. The third-order valence-corrected chi connectivity index (χ3v) is 2.41. The summed E-state index contributed by atoms with van der Waals surface area (Å²) in [6.07, 6.45) is 0. The van der Waals surface area contributed by atoms with Crippen LogP contribution in [-0.2, 0) is 6.61 Å². The van der Waals surface area contributed by atoms with Crippen molar-refractivity contribution < 1.29 is 5.11 Å². The average molecular weight is 214 g/mol. The number of aromatic nitrogens is 1. The van der Waals surface area contributed by atoms with Crippen LogP contribution in [0.5, 0.6) is 0 Å². The summed E-state index contributed by atoms with van der Waals surface area (Å²) >= 11 is 0. The van der Waals surface area contributed by atoms with E-state index in [2.05, 4.69) is 10.3 Å². The molecule has 1 aromatic heterocycles. The molecule has 1 aromatic carbocycles. The van der Waals surface area contributed by atoms with Gasteiger partial charge >= 0.3 is 0 Å². The van der Waals surface area contributed by atoms with Crippen LogP contribution in [0.3, 0.4) is 0 Å². The van der Waals surface area contributed by atoms with E-state index in [0.29, 0.717) is 0 Å². The summed E-state index contributed by atoms with van der Waals surface area (Å²) in [7, 11) is 0. The SMILES string of the molecule is Cc1nc(Nc2ccccc2)ccc1CO. The zero-order valence-corrected chi connectivity index (χ0v) is 9.14. The minimum atomic E-state index is 0.0322. The van der Waals surface area contributed by atoms with E-state index < -0.39 is 0 Å². The van der Waals surface area contributed by atoms with Gasteiger partial charge in [0.1, 0.15) is 5.82 Å². The number of para-hydroxylation sites is 1. The molecule has 0 saturated carbocycles. The van der Waals surface area contributed by atoms with Gasteiger partial charge in [-0.2, -0.15) is 0 Å². The van der Waals surface area contributed by atoms with E-state index in [9.17, 15) is 0 Å². The first-order valence-corrected chi connectivity index (χ1v) is 5.19. The third kappa shape index (κ3) is 2.38. The molecule has 0 saturated heterocycles. The van der Waals surface area contributed by atoms with E-state index >= 15 is 0 Å². The number of pyridine rings is 1. The van der Waals surface area contributed by atoms with Gasteiger partial charge < -0.3 is 10.4 Å². The quantitative estimate of drug-likeness (QED) is 0.825. The van der Waals surface area contributed by atoms with Gasteiger partial charge in [0.2, 0.25) is 0 Å². The number of aryl methyl sites for hydroxylation is 1. The monoisotopic (exact) mass is 214 g/mol. The number of nitrogens with zero attached hydrogens (tertiary/aromatic N) is 1. The Morgan fingerprint density at radius 3 is 2.50 bits per heavy atom. The number of anilines is 2. The Labute approximate surface area is 94.8 Å². The molecule has 0 spiro atoms. The van der Waals surface area contributed by atoms with Gasteiger partial charge in [0.05, 0.1) is 6.61 Å². The smallest absolute Gasteiger partial charge is 0.130 e. The largest absolute Gasteiger partial charge is 0.392 e. The number of hydrogen-bond acceptors (Lipinski definition) is 3. The van der Waals surface area contributed by atoms with Crippen molar-refractivity contribution in [3.05, 3.63) is 53.7 Å². The Bertz CT molecular complexity index is 469. The van der Waals surface area contributed by atoms with Crippen LogP contribution in [-0.4, -0.2) is 10.1 Å². The van der Waals surface area contributed by atoms with Crippen molar-refractivity contribution in [1.82, 2.24) is 4.98 Å². The molecule has 82 valence electrons. The van der Waals surface area contributed by atoms with E-state index in [0.717, 1.165) is 22.8 Å². The minimum absolute atomic E-state index is 0.0322. The maximum Gasteiger partial charge on any atom is 0.130 e. The van der Waals surface area contributed by atoms with Gasteiger partial charge in [0, 0.05) is 11.4 Å². The highest BCUT2D eigenvalue weighted by atomic mass is 16.3. The Morgan fingerprint density at radius 1 is 1.12 bits per heavy atom. The molecule has 2 rings (SSSR count). The molecule has 0 aliphatic carbocycles. The van der Waals surface area contributed by atoms with Gasteiger partial charge in [-0.3, -0.25) is 0 Å². The molecule has 0 atom stereocenters. The fraction of sp³-hybridized carbons (Fsp3) is 0.154. The van der Waals surface area contributed by atoms with Gasteiger partial charge in [0.25, 0.3) is 0 Å². The lowest BCUT2D eigenvalue weighted by Crippen LogP contribution is -1.98. The Morgan fingerprint density at radius 2 is 1.88 bits per heavy atom. The fourth-order valence-electron chi connectivity index (χ4n) is 1.50. The van der Waals surface area contributed by atoms with Crippen molar-refractivity contribution in [3.63, 3.8) is 0 Å². The molecule has 0 bridgehead atoms. The lowest BCUT2D eigenvalue weighted by molar-refractivity contribution is 0.280. The Hall–Kier alpha value is -1.87. The van der Waals surface area contributed by atoms with Crippen LogP contribution in [0.1, 0.15) is 11.3 Å². The van der Waals surface area contributed by atoms with Crippen LogP contribution in [0.15, 0.2) is 42.5 Å². The highest BCUT2D eigenvalue weighted by molar-refractivity contribution is 5.56. The van der Waals surface area contributed by atoms with Crippen LogP contribution in [0.4, 0.5) is 11.5 Å². The van der Waals surface area contributed by atoms with E-state index in [1.165, 1.54) is 0 Å². The molecule has 0 aliphatic rings. The molecule has 1 heterocycles. The Kier molecular flexibility index (Phi) is 3.17. The summed E-state index contributed by atoms with van der Waals surface area (Å²) in [4.78, 5) is 4.37. The van der Waals surface area contributed by atoms with Crippen molar-refractivity contribution >= 4 is 11.5 Å².